The number of aryl methyl sites for hydroxylation is 1. The van der Waals surface area contributed by atoms with Crippen LogP contribution in [0.4, 0.5) is 19.4 Å². The summed E-state index contributed by atoms with van der Waals surface area (Å²) in [4.78, 5) is 12.8. The molecule has 3 heterocycles. The molecule has 280 valence electrons. The Morgan fingerprint density at radius 1 is 0.608 bits per heavy atom. The van der Waals surface area contributed by atoms with Crippen LogP contribution in [0.15, 0.2) is 47.8 Å². The Balaban J connectivity index is -0.000000282. The van der Waals surface area contributed by atoms with Crippen molar-refractivity contribution in [1.29, 1.82) is 5.26 Å². The van der Waals surface area contributed by atoms with Gasteiger partial charge in [0.1, 0.15) is 5.82 Å². The third kappa shape index (κ3) is 18.3. The second-order valence-corrected chi connectivity index (χ2v) is 18.1. The fourth-order valence-corrected chi connectivity index (χ4v) is 6.70. The van der Waals surface area contributed by atoms with Gasteiger partial charge in [0, 0.05) is 0 Å². The number of nitriles is 1. The number of hydrogen-bond acceptors (Lipinski definition) is 4. The molecule has 0 saturated carbocycles. The van der Waals surface area contributed by atoms with Crippen LogP contribution in [-0.2, 0) is 21.7 Å². The van der Waals surface area contributed by atoms with Crippen LogP contribution >= 0.6 is 34.0 Å². The largest absolute Gasteiger partial charge is 0.241 e. The molecule has 0 spiro atoms. The third-order valence-corrected chi connectivity index (χ3v) is 10.4. The highest BCUT2D eigenvalue weighted by atomic mass is 32.1. The number of thiophene rings is 3. The van der Waals surface area contributed by atoms with Gasteiger partial charge in [0.05, 0.1) is 31.3 Å². The standard InChI is InChI=1S/C11H12FN.C10H13NS.2C9H11NS.4CH4/c1-11(2,3)9-4-8(7-13)5-10(12)6-9;1-7-6-8(11-5)12-9(7)10(2,3)4;1-9(2,3)7-5-8(10-4)11-6-7;1-9(2,3)7-5-6-8(10-4)11-7;;;;/h4-6H,1-3H3;6H,1-4H3;2*5-6H,1-3H3;4*1H4. The van der Waals surface area contributed by atoms with Crippen molar-refractivity contribution >= 4 is 49.0 Å². The Morgan fingerprint density at radius 2 is 1.12 bits per heavy atom. The molecule has 0 N–H and O–H groups in total. The molecular weight excluding hydrogens is 688 g/mol. The molecule has 0 fully saturated rings. The molecule has 0 aliphatic rings. The zero-order chi connectivity index (χ0) is 36.4. The number of nitrogens with zero attached hydrogens (tertiary/aromatic N) is 4. The van der Waals surface area contributed by atoms with Crippen LogP contribution in [0.25, 0.3) is 14.5 Å². The van der Waals surface area contributed by atoms with Crippen molar-refractivity contribution in [3.63, 3.8) is 0 Å². The smallest absolute Gasteiger partial charge is 0.227 e. The number of rotatable bonds is 0. The van der Waals surface area contributed by atoms with Crippen LogP contribution in [0.5, 0.6) is 0 Å². The first-order valence-electron chi connectivity index (χ1n) is 15.1. The van der Waals surface area contributed by atoms with E-state index < -0.39 is 0 Å². The SMILES string of the molecule is C.C.C.C.CC(C)(C)c1cc(F)cc(C#N)c1.[C-]#[N+]c1cc(C(C)(C)C)cs1.[C-]#[N+]c1cc(C)c(C(C)(C)C)s1.[C-]#[N+]c1ccc(C(C)(C)C)s1. The van der Waals surface area contributed by atoms with Gasteiger partial charge in [-0.3, -0.25) is 0 Å². The molecule has 0 bridgehead atoms. The van der Waals surface area contributed by atoms with Crippen LogP contribution in [0.1, 0.15) is 145 Å². The zero-order valence-electron chi connectivity index (χ0n) is 30.0. The summed E-state index contributed by atoms with van der Waals surface area (Å²) in [5, 5.41) is 13.1. The Kier molecular flexibility index (Phi) is 23.5. The van der Waals surface area contributed by atoms with E-state index in [-0.39, 0.29) is 57.2 Å². The van der Waals surface area contributed by atoms with E-state index in [9.17, 15) is 4.39 Å². The van der Waals surface area contributed by atoms with Crippen molar-refractivity contribution in [3.8, 4) is 6.07 Å². The van der Waals surface area contributed by atoms with E-state index >= 15 is 0 Å². The van der Waals surface area contributed by atoms with E-state index in [0.717, 1.165) is 20.6 Å². The van der Waals surface area contributed by atoms with Crippen molar-refractivity contribution < 1.29 is 4.39 Å². The van der Waals surface area contributed by atoms with Crippen molar-refractivity contribution in [3.05, 3.63) is 120 Å². The van der Waals surface area contributed by atoms with Crippen LogP contribution in [-0.4, -0.2) is 0 Å². The Hall–Kier alpha value is -3.79. The first-order valence-corrected chi connectivity index (χ1v) is 17.6. The van der Waals surface area contributed by atoms with Gasteiger partial charge in [-0.2, -0.15) is 39.3 Å². The lowest BCUT2D eigenvalue weighted by atomic mass is 9.86. The zero-order valence-corrected chi connectivity index (χ0v) is 32.5. The molecule has 0 atom stereocenters. The fraction of sp³-hybridized carbons (Fsp3) is 0.488. The predicted octanol–water partition coefficient (Wildman–Crippen LogP) is 16.6. The summed E-state index contributed by atoms with van der Waals surface area (Å²) in [5.41, 5.74) is 4.17. The second kappa shape index (κ2) is 22.2. The highest BCUT2D eigenvalue weighted by Crippen LogP contribution is 2.37. The van der Waals surface area contributed by atoms with E-state index in [0.29, 0.717) is 5.56 Å². The summed E-state index contributed by atoms with van der Waals surface area (Å²) in [6.45, 7) is 48.0. The van der Waals surface area contributed by atoms with Gasteiger partial charge in [-0.1, -0.05) is 119 Å². The molecule has 4 nitrogen and oxygen atoms in total. The Bertz CT molecular complexity index is 1720. The Labute approximate surface area is 324 Å². The molecule has 0 saturated heterocycles. The molecule has 0 amide bonds. The van der Waals surface area contributed by atoms with E-state index in [1.807, 2.05) is 51.1 Å². The van der Waals surface area contributed by atoms with Gasteiger partial charge in [0.15, 0.2) is 0 Å². The first kappa shape index (κ1) is 54.0. The maximum absolute atomic E-state index is 13.0. The normalized spacial score (nSPS) is 10.2. The molecule has 1 aromatic carbocycles. The van der Waals surface area contributed by atoms with Gasteiger partial charge in [-0.25, -0.2) is 18.9 Å². The lowest BCUT2D eigenvalue weighted by Crippen LogP contribution is -2.11. The minimum absolute atomic E-state index is 0. The lowest BCUT2D eigenvalue weighted by Gasteiger charge is -2.18. The predicted molar refractivity (Wildman–Crippen MR) is 229 cm³/mol. The van der Waals surface area contributed by atoms with Gasteiger partial charge >= 0.3 is 0 Å². The van der Waals surface area contributed by atoms with Crippen molar-refractivity contribution in [1.82, 2.24) is 0 Å². The summed E-state index contributed by atoms with van der Waals surface area (Å²) in [7, 11) is 0. The third-order valence-electron chi connectivity index (χ3n) is 6.59. The quantitative estimate of drug-likeness (QED) is 0.165. The molecule has 0 radical (unpaired) electrons. The Morgan fingerprint density at radius 3 is 1.41 bits per heavy atom. The number of hydrogen-bond donors (Lipinski definition) is 0. The van der Waals surface area contributed by atoms with Crippen molar-refractivity contribution in [2.24, 2.45) is 0 Å². The first-order chi connectivity index (χ1) is 21.5. The summed E-state index contributed by atoms with van der Waals surface area (Å²) in [6.07, 6.45) is 0. The summed E-state index contributed by atoms with van der Waals surface area (Å²) >= 11 is 4.72. The van der Waals surface area contributed by atoms with E-state index in [1.54, 1.807) is 28.7 Å². The molecule has 4 rings (SSSR count). The fourth-order valence-electron chi connectivity index (χ4n) is 3.92. The van der Waals surface area contributed by atoms with Crippen LogP contribution < -0.4 is 0 Å². The topological polar surface area (TPSA) is 36.9 Å². The van der Waals surface area contributed by atoms with E-state index in [2.05, 4.69) is 89.2 Å². The van der Waals surface area contributed by atoms with Crippen LogP contribution in [0.2, 0.25) is 0 Å². The number of benzene rings is 1. The van der Waals surface area contributed by atoms with Crippen LogP contribution in [0.3, 0.4) is 0 Å². The minimum atomic E-state index is -0.344. The molecule has 3 aromatic heterocycles. The molecule has 8 heteroatoms. The van der Waals surface area contributed by atoms with Crippen LogP contribution in [0, 0.1) is 43.8 Å². The average Bonchev–Trinajstić information content (AvgIpc) is 3.72. The molecule has 0 aliphatic carbocycles. The minimum Gasteiger partial charge on any atom is -0.227 e. The van der Waals surface area contributed by atoms with Gasteiger partial charge < -0.3 is 0 Å². The summed E-state index contributed by atoms with van der Waals surface area (Å²) in [6, 6.07) is 14.3. The van der Waals surface area contributed by atoms with Crippen molar-refractivity contribution in [2.45, 2.75) is 141 Å². The molecule has 51 heavy (non-hydrogen) atoms. The lowest BCUT2D eigenvalue weighted by molar-refractivity contribution is 0.572. The van der Waals surface area contributed by atoms with Gasteiger partial charge in [-0.15, -0.1) is 0 Å². The maximum Gasteiger partial charge on any atom is 0.241 e. The van der Waals surface area contributed by atoms with Gasteiger partial charge in [0.2, 0.25) is 15.0 Å². The van der Waals surface area contributed by atoms with E-state index in [1.165, 1.54) is 44.4 Å². The number of halogens is 1. The monoisotopic (exact) mass is 750 g/mol. The summed E-state index contributed by atoms with van der Waals surface area (Å²) in [5.74, 6) is -0.344. The van der Waals surface area contributed by atoms with Gasteiger partial charge in [0.25, 0.3) is 0 Å². The average molecular weight is 751 g/mol. The van der Waals surface area contributed by atoms with Gasteiger partial charge in [-0.05, 0) is 96.8 Å². The summed E-state index contributed by atoms with van der Waals surface area (Å²) < 4.78 is 13.0. The molecular formula is C43H63FN4S3. The molecule has 0 unspecified atom stereocenters. The second-order valence-electron chi connectivity index (χ2n) is 15.1. The molecule has 4 aromatic rings. The highest BCUT2D eigenvalue weighted by molar-refractivity contribution is 7.16. The van der Waals surface area contributed by atoms with Crippen molar-refractivity contribution in [2.75, 3.05) is 0 Å². The molecule has 0 aliphatic heterocycles. The maximum atomic E-state index is 13.0. The van der Waals surface area contributed by atoms with E-state index in [4.69, 9.17) is 25.0 Å². The highest BCUT2D eigenvalue weighted by Gasteiger charge is 2.19.